The van der Waals surface area contributed by atoms with Crippen LogP contribution in [0, 0.1) is 0 Å². The summed E-state index contributed by atoms with van der Waals surface area (Å²) >= 11 is 6.47. The molecule has 5 heterocycles. The number of amides is 1. The normalized spacial score (nSPS) is 14.2. The lowest BCUT2D eigenvalue weighted by molar-refractivity contribution is 0.0953. The molecule has 0 aliphatic carbocycles. The maximum Gasteiger partial charge on any atom is 0.259 e. The van der Waals surface area contributed by atoms with Gasteiger partial charge in [-0.1, -0.05) is 11.6 Å². The minimum absolute atomic E-state index is 0.143. The van der Waals surface area contributed by atoms with Gasteiger partial charge in [-0.2, -0.15) is 0 Å². The van der Waals surface area contributed by atoms with Gasteiger partial charge in [0.2, 0.25) is 0 Å². The number of carbonyl (C=O) groups excluding carboxylic acids is 1. The first-order valence-electron chi connectivity index (χ1n) is 9.39. The molecule has 3 N–H and O–H groups in total. The molecule has 4 aromatic rings. The van der Waals surface area contributed by atoms with Crippen molar-refractivity contribution in [3.8, 4) is 0 Å². The number of nitrogens with two attached hydrogens (primary N) is 1. The fourth-order valence-corrected chi connectivity index (χ4v) is 4.16. The van der Waals surface area contributed by atoms with Gasteiger partial charge in [0, 0.05) is 37.6 Å². The van der Waals surface area contributed by atoms with E-state index in [0.717, 1.165) is 42.8 Å². The van der Waals surface area contributed by atoms with Gasteiger partial charge in [0.05, 0.1) is 16.7 Å². The van der Waals surface area contributed by atoms with Crippen molar-refractivity contribution in [1.82, 2.24) is 29.3 Å². The van der Waals surface area contributed by atoms with E-state index >= 15 is 0 Å². The molecule has 0 saturated carbocycles. The van der Waals surface area contributed by atoms with E-state index in [9.17, 15) is 4.79 Å². The molecule has 0 spiro atoms. The number of imidazole rings is 1. The highest BCUT2D eigenvalue weighted by Crippen LogP contribution is 2.31. The van der Waals surface area contributed by atoms with Gasteiger partial charge in [-0.05, 0) is 25.0 Å². The molecule has 148 valence electrons. The summed E-state index contributed by atoms with van der Waals surface area (Å²) in [5.74, 6) is 0.820. The van der Waals surface area contributed by atoms with Crippen LogP contribution in [0.3, 0.4) is 0 Å². The van der Waals surface area contributed by atoms with Crippen LogP contribution in [0.25, 0.3) is 11.2 Å². The minimum atomic E-state index is -0.328. The van der Waals surface area contributed by atoms with Crippen molar-refractivity contribution in [2.24, 2.45) is 0 Å². The highest BCUT2D eigenvalue weighted by Gasteiger charge is 2.23. The molecule has 9 nitrogen and oxygen atoms in total. The molecule has 0 aromatic carbocycles. The molecule has 0 unspecified atom stereocenters. The van der Waals surface area contributed by atoms with Crippen LogP contribution in [-0.4, -0.2) is 43.0 Å². The van der Waals surface area contributed by atoms with Crippen LogP contribution in [0.2, 0.25) is 5.02 Å². The van der Waals surface area contributed by atoms with Crippen molar-refractivity contribution in [1.29, 1.82) is 0 Å². The molecule has 4 aromatic heterocycles. The fourth-order valence-electron chi connectivity index (χ4n) is 3.89. The van der Waals surface area contributed by atoms with Crippen molar-refractivity contribution in [2.75, 3.05) is 23.7 Å². The standard InChI is InChI=1S/C19H19ClN8O/c20-13-8-12(19(26-5-1-2-6-26)27-11-22-10-14(13)27)9-24-18(29)15-16(21)25-28-7-3-4-23-17(15)28/h3-4,7-8,10-11H,1-2,5-6,9H2,(H2,21,25)(H,24,29). The van der Waals surface area contributed by atoms with Crippen LogP contribution in [0.1, 0.15) is 28.8 Å². The Labute approximate surface area is 171 Å². The number of aromatic nitrogens is 5. The Morgan fingerprint density at radius 3 is 2.97 bits per heavy atom. The van der Waals surface area contributed by atoms with Gasteiger partial charge >= 0.3 is 0 Å². The number of carbonyl (C=O) groups is 1. The smallest absolute Gasteiger partial charge is 0.259 e. The van der Waals surface area contributed by atoms with Gasteiger partial charge in [-0.25, -0.2) is 14.5 Å². The average molecular weight is 411 g/mol. The van der Waals surface area contributed by atoms with E-state index in [1.54, 1.807) is 31.0 Å². The Morgan fingerprint density at radius 2 is 2.14 bits per heavy atom. The van der Waals surface area contributed by atoms with E-state index in [1.165, 1.54) is 4.52 Å². The highest BCUT2D eigenvalue weighted by atomic mass is 35.5. The molecule has 1 fully saturated rings. The molecule has 1 aliphatic rings. The zero-order valence-electron chi connectivity index (χ0n) is 15.5. The number of fused-ring (bicyclic) bond motifs is 2. The predicted octanol–water partition coefficient (Wildman–Crippen LogP) is 2.14. The second-order valence-electron chi connectivity index (χ2n) is 7.01. The fraction of sp³-hybridized carbons (Fsp3) is 0.263. The summed E-state index contributed by atoms with van der Waals surface area (Å²) in [7, 11) is 0. The molecule has 1 aliphatic heterocycles. The molecule has 0 atom stereocenters. The molecule has 1 saturated heterocycles. The summed E-state index contributed by atoms with van der Waals surface area (Å²) in [6.07, 6.45) is 9.08. The summed E-state index contributed by atoms with van der Waals surface area (Å²) < 4.78 is 3.48. The number of halogens is 1. The Balaban J connectivity index is 1.49. The van der Waals surface area contributed by atoms with Gasteiger partial charge in [-0.3, -0.25) is 9.20 Å². The second kappa shape index (κ2) is 6.93. The largest absolute Gasteiger partial charge is 0.381 e. The number of hydrogen-bond donors (Lipinski definition) is 2. The molecule has 0 bridgehead atoms. The SMILES string of the molecule is Nc1nn2cccnc2c1C(=O)NCc1cc(Cl)c2cncn2c1N1CCCC1. The van der Waals surface area contributed by atoms with E-state index in [1.807, 2.05) is 10.5 Å². The van der Waals surface area contributed by atoms with E-state index in [0.29, 0.717) is 17.2 Å². The Morgan fingerprint density at radius 1 is 1.31 bits per heavy atom. The van der Waals surface area contributed by atoms with E-state index < -0.39 is 0 Å². The second-order valence-corrected chi connectivity index (χ2v) is 7.42. The molecular formula is C19H19ClN8O. The van der Waals surface area contributed by atoms with Crippen molar-refractivity contribution in [3.63, 3.8) is 0 Å². The van der Waals surface area contributed by atoms with Crippen molar-refractivity contribution in [2.45, 2.75) is 19.4 Å². The number of rotatable bonds is 4. The number of nitrogens with one attached hydrogen (secondary N) is 1. The quantitative estimate of drug-likeness (QED) is 0.534. The zero-order valence-corrected chi connectivity index (χ0v) is 16.3. The third kappa shape index (κ3) is 2.94. The average Bonchev–Trinajstić information content (AvgIpc) is 3.45. The third-order valence-electron chi connectivity index (χ3n) is 5.19. The molecule has 5 rings (SSSR count). The van der Waals surface area contributed by atoms with Gasteiger partial charge in [0.15, 0.2) is 11.5 Å². The van der Waals surface area contributed by atoms with E-state index in [-0.39, 0.29) is 17.3 Å². The summed E-state index contributed by atoms with van der Waals surface area (Å²) in [4.78, 5) is 23.7. The number of nitrogens with zero attached hydrogens (tertiary/aromatic N) is 6. The third-order valence-corrected chi connectivity index (χ3v) is 5.50. The Hall–Kier alpha value is -3.33. The predicted molar refractivity (Wildman–Crippen MR) is 110 cm³/mol. The maximum absolute atomic E-state index is 12.9. The van der Waals surface area contributed by atoms with Crippen LogP contribution in [-0.2, 0) is 6.54 Å². The first-order valence-corrected chi connectivity index (χ1v) is 9.76. The van der Waals surface area contributed by atoms with Gasteiger partial charge in [-0.15, -0.1) is 5.10 Å². The van der Waals surface area contributed by atoms with Gasteiger partial charge in [0.25, 0.3) is 5.91 Å². The summed E-state index contributed by atoms with van der Waals surface area (Å²) in [6.45, 7) is 2.21. The number of pyridine rings is 1. The summed E-state index contributed by atoms with van der Waals surface area (Å²) in [5, 5.41) is 7.69. The van der Waals surface area contributed by atoms with Crippen LogP contribution in [0.5, 0.6) is 0 Å². The lowest BCUT2D eigenvalue weighted by Gasteiger charge is -2.23. The van der Waals surface area contributed by atoms with Gasteiger partial charge in [0.1, 0.15) is 17.7 Å². The van der Waals surface area contributed by atoms with Crippen molar-refractivity contribution in [3.05, 3.63) is 53.2 Å². The van der Waals surface area contributed by atoms with Crippen molar-refractivity contribution < 1.29 is 4.79 Å². The van der Waals surface area contributed by atoms with Crippen LogP contribution < -0.4 is 16.0 Å². The number of hydrogen-bond acceptors (Lipinski definition) is 6. The van der Waals surface area contributed by atoms with E-state index in [2.05, 4.69) is 25.3 Å². The minimum Gasteiger partial charge on any atom is -0.381 e. The first-order chi connectivity index (χ1) is 14.1. The Kier molecular flexibility index (Phi) is 4.24. The molecular weight excluding hydrogens is 392 g/mol. The lowest BCUT2D eigenvalue weighted by atomic mass is 10.2. The maximum atomic E-state index is 12.9. The number of anilines is 2. The molecule has 29 heavy (non-hydrogen) atoms. The lowest BCUT2D eigenvalue weighted by Crippen LogP contribution is -2.27. The van der Waals surface area contributed by atoms with Crippen LogP contribution in [0.15, 0.2) is 37.1 Å². The van der Waals surface area contributed by atoms with Crippen LogP contribution in [0.4, 0.5) is 11.6 Å². The highest BCUT2D eigenvalue weighted by molar-refractivity contribution is 6.34. The topological polar surface area (TPSA) is 106 Å². The van der Waals surface area contributed by atoms with Crippen LogP contribution >= 0.6 is 11.6 Å². The summed E-state index contributed by atoms with van der Waals surface area (Å²) in [5.41, 5.74) is 8.41. The monoisotopic (exact) mass is 410 g/mol. The first kappa shape index (κ1) is 17.7. The summed E-state index contributed by atoms with van der Waals surface area (Å²) in [6, 6.07) is 3.62. The van der Waals surface area contributed by atoms with Crippen molar-refractivity contribution >= 4 is 40.3 Å². The van der Waals surface area contributed by atoms with E-state index in [4.69, 9.17) is 17.3 Å². The molecule has 0 radical (unpaired) electrons. The molecule has 10 heteroatoms. The molecule has 1 amide bonds. The Bertz CT molecular complexity index is 1220. The zero-order chi connectivity index (χ0) is 20.0. The van der Waals surface area contributed by atoms with Gasteiger partial charge < -0.3 is 16.0 Å². The number of nitrogen functional groups attached to an aromatic ring is 1.